The predicted molar refractivity (Wildman–Crippen MR) is 105 cm³/mol. The summed E-state index contributed by atoms with van der Waals surface area (Å²) in [7, 11) is 3.42. The van der Waals surface area contributed by atoms with E-state index in [0.29, 0.717) is 17.5 Å². The number of ether oxygens (including phenoxy) is 1. The van der Waals surface area contributed by atoms with E-state index in [1.165, 1.54) is 12.1 Å². The maximum atomic E-state index is 13.1. The van der Waals surface area contributed by atoms with Crippen LogP contribution in [0.1, 0.15) is 5.69 Å². The van der Waals surface area contributed by atoms with Crippen LogP contribution in [0.15, 0.2) is 55.0 Å². The molecule has 142 valence electrons. The Hall–Kier alpha value is -3.68. The Morgan fingerprint density at radius 2 is 1.89 bits per heavy atom. The molecule has 0 bridgehead atoms. The number of hydrogen-bond acceptors (Lipinski definition) is 5. The number of hydrogen-bond donors (Lipinski definition) is 1. The standard InChI is InChI=1S/C20H19FN6O/c1-13-11-27(12-22-13)17-9-4-14(10-18(17)28-3)19-24-20(26(2)25-19)23-16-7-5-15(21)6-8-16/h4-12H,1-3H3,(H,23,24,25). The average molecular weight is 378 g/mol. The van der Waals surface area contributed by atoms with Crippen LogP contribution in [0.4, 0.5) is 16.0 Å². The van der Waals surface area contributed by atoms with Gasteiger partial charge in [-0.2, -0.15) is 4.98 Å². The third kappa shape index (κ3) is 3.44. The summed E-state index contributed by atoms with van der Waals surface area (Å²) in [6.45, 7) is 1.94. The molecule has 0 amide bonds. The Balaban J connectivity index is 1.65. The molecular formula is C20H19FN6O. The molecule has 2 heterocycles. The minimum absolute atomic E-state index is 0.288. The molecule has 0 spiro atoms. The van der Waals surface area contributed by atoms with Gasteiger partial charge in [-0.05, 0) is 49.4 Å². The highest BCUT2D eigenvalue weighted by Gasteiger charge is 2.13. The van der Waals surface area contributed by atoms with Gasteiger partial charge in [-0.15, -0.1) is 5.10 Å². The Kier molecular flexibility index (Phi) is 4.52. The van der Waals surface area contributed by atoms with Crippen LogP contribution < -0.4 is 10.1 Å². The third-order valence-electron chi connectivity index (χ3n) is 4.29. The number of nitrogens with zero attached hydrogens (tertiary/aromatic N) is 5. The van der Waals surface area contributed by atoms with E-state index in [0.717, 1.165) is 22.6 Å². The summed E-state index contributed by atoms with van der Waals surface area (Å²) in [6.07, 6.45) is 3.68. The van der Waals surface area contributed by atoms with Gasteiger partial charge >= 0.3 is 0 Å². The van der Waals surface area contributed by atoms with Crippen LogP contribution in [0.3, 0.4) is 0 Å². The van der Waals surface area contributed by atoms with Crippen LogP contribution in [0.2, 0.25) is 0 Å². The number of aromatic nitrogens is 5. The first-order valence-electron chi connectivity index (χ1n) is 8.66. The molecule has 0 saturated carbocycles. The van der Waals surface area contributed by atoms with Crippen molar-refractivity contribution in [1.82, 2.24) is 24.3 Å². The van der Waals surface area contributed by atoms with Crippen molar-refractivity contribution in [2.45, 2.75) is 6.92 Å². The lowest BCUT2D eigenvalue weighted by molar-refractivity contribution is 0.413. The lowest BCUT2D eigenvalue weighted by atomic mass is 10.1. The number of methoxy groups -OCH3 is 1. The van der Waals surface area contributed by atoms with Crippen molar-refractivity contribution in [3.8, 4) is 22.8 Å². The normalized spacial score (nSPS) is 10.9. The van der Waals surface area contributed by atoms with Crippen LogP contribution in [-0.4, -0.2) is 31.4 Å². The van der Waals surface area contributed by atoms with Crippen molar-refractivity contribution >= 4 is 11.6 Å². The Bertz CT molecular complexity index is 1120. The highest BCUT2D eigenvalue weighted by Crippen LogP contribution is 2.29. The molecular weight excluding hydrogens is 359 g/mol. The van der Waals surface area contributed by atoms with E-state index in [2.05, 4.69) is 20.4 Å². The van der Waals surface area contributed by atoms with E-state index in [4.69, 9.17) is 4.74 Å². The zero-order valence-electron chi connectivity index (χ0n) is 15.7. The minimum atomic E-state index is -0.288. The summed E-state index contributed by atoms with van der Waals surface area (Å²) in [6, 6.07) is 11.8. The predicted octanol–water partition coefficient (Wildman–Crippen LogP) is 3.87. The number of nitrogens with one attached hydrogen (secondary N) is 1. The zero-order chi connectivity index (χ0) is 19.7. The fraction of sp³-hybridized carbons (Fsp3) is 0.150. The average Bonchev–Trinajstić information content (AvgIpc) is 3.29. The highest BCUT2D eigenvalue weighted by atomic mass is 19.1. The molecule has 7 nitrogen and oxygen atoms in total. The van der Waals surface area contributed by atoms with Crippen molar-refractivity contribution < 1.29 is 9.13 Å². The van der Waals surface area contributed by atoms with Gasteiger partial charge in [0.15, 0.2) is 5.82 Å². The minimum Gasteiger partial charge on any atom is -0.495 e. The van der Waals surface area contributed by atoms with E-state index < -0.39 is 0 Å². The summed E-state index contributed by atoms with van der Waals surface area (Å²) < 4.78 is 22.2. The van der Waals surface area contributed by atoms with E-state index in [1.807, 2.05) is 35.9 Å². The van der Waals surface area contributed by atoms with Crippen molar-refractivity contribution in [1.29, 1.82) is 0 Å². The smallest absolute Gasteiger partial charge is 0.225 e. The molecule has 0 aliphatic heterocycles. The van der Waals surface area contributed by atoms with Gasteiger partial charge in [-0.25, -0.2) is 14.1 Å². The summed E-state index contributed by atoms with van der Waals surface area (Å²) in [5.74, 6) is 1.51. The van der Waals surface area contributed by atoms with E-state index >= 15 is 0 Å². The lowest BCUT2D eigenvalue weighted by Crippen LogP contribution is -2.00. The van der Waals surface area contributed by atoms with Gasteiger partial charge in [0.25, 0.3) is 0 Å². The van der Waals surface area contributed by atoms with Crippen LogP contribution >= 0.6 is 0 Å². The maximum absolute atomic E-state index is 13.1. The van der Waals surface area contributed by atoms with Crippen LogP contribution in [0.25, 0.3) is 17.1 Å². The van der Waals surface area contributed by atoms with Gasteiger partial charge < -0.3 is 14.6 Å². The quantitative estimate of drug-likeness (QED) is 0.571. The molecule has 8 heteroatoms. The Morgan fingerprint density at radius 3 is 2.57 bits per heavy atom. The second kappa shape index (κ2) is 7.15. The number of benzene rings is 2. The van der Waals surface area contributed by atoms with Crippen molar-refractivity contribution in [2.75, 3.05) is 12.4 Å². The molecule has 0 unspecified atom stereocenters. The fourth-order valence-electron chi connectivity index (χ4n) is 2.86. The monoisotopic (exact) mass is 378 g/mol. The van der Waals surface area contributed by atoms with Crippen molar-refractivity contribution in [3.63, 3.8) is 0 Å². The first-order valence-corrected chi connectivity index (χ1v) is 8.66. The molecule has 4 aromatic rings. The van der Waals surface area contributed by atoms with Gasteiger partial charge in [0, 0.05) is 24.5 Å². The highest BCUT2D eigenvalue weighted by molar-refractivity contribution is 5.65. The molecule has 2 aromatic carbocycles. The van der Waals surface area contributed by atoms with Crippen molar-refractivity contribution in [3.05, 3.63) is 66.5 Å². The molecule has 2 aromatic heterocycles. The molecule has 0 radical (unpaired) electrons. The molecule has 0 aliphatic rings. The molecule has 0 saturated heterocycles. The molecule has 4 rings (SSSR count). The Morgan fingerprint density at radius 1 is 1.11 bits per heavy atom. The second-order valence-corrected chi connectivity index (χ2v) is 6.32. The summed E-state index contributed by atoms with van der Waals surface area (Å²) >= 11 is 0. The van der Waals surface area contributed by atoms with Gasteiger partial charge in [0.1, 0.15) is 11.6 Å². The summed E-state index contributed by atoms with van der Waals surface area (Å²) in [4.78, 5) is 8.81. The zero-order valence-corrected chi connectivity index (χ0v) is 15.7. The van der Waals surface area contributed by atoms with Crippen LogP contribution in [-0.2, 0) is 7.05 Å². The number of aryl methyl sites for hydroxylation is 2. The van der Waals surface area contributed by atoms with E-state index in [1.54, 1.807) is 37.3 Å². The van der Waals surface area contributed by atoms with Gasteiger partial charge in [-0.3, -0.25) is 0 Å². The fourth-order valence-corrected chi connectivity index (χ4v) is 2.86. The number of imidazole rings is 1. The first kappa shape index (κ1) is 17.7. The molecule has 28 heavy (non-hydrogen) atoms. The SMILES string of the molecule is COc1cc(-c2nc(Nc3ccc(F)cc3)n(C)n2)ccc1-n1cnc(C)c1. The number of rotatable bonds is 5. The summed E-state index contributed by atoms with van der Waals surface area (Å²) in [5, 5.41) is 7.61. The molecule has 0 aliphatic carbocycles. The van der Waals surface area contributed by atoms with E-state index in [-0.39, 0.29) is 5.82 Å². The Labute approximate surface area is 161 Å². The summed E-state index contributed by atoms with van der Waals surface area (Å²) in [5.41, 5.74) is 3.36. The maximum Gasteiger partial charge on any atom is 0.225 e. The molecule has 0 atom stereocenters. The van der Waals surface area contributed by atoms with Crippen LogP contribution in [0, 0.1) is 12.7 Å². The molecule has 1 N–H and O–H groups in total. The van der Waals surface area contributed by atoms with E-state index in [9.17, 15) is 4.39 Å². The van der Waals surface area contributed by atoms with Gasteiger partial charge in [0.2, 0.25) is 5.95 Å². The number of anilines is 2. The van der Waals surface area contributed by atoms with Crippen LogP contribution in [0.5, 0.6) is 5.75 Å². The van der Waals surface area contributed by atoms with Gasteiger partial charge in [0.05, 0.1) is 24.8 Å². The van der Waals surface area contributed by atoms with Crippen molar-refractivity contribution in [2.24, 2.45) is 7.05 Å². The lowest BCUT2D eigenvalue weighted by Gasteiger charge is -2.10. The second-order valence-electron chi connectivity index (χ2n) is 6.32. The first-order chi connectivity index (χ1) is 13.5. The topological polar surface area (TPSA) is 69.8 Å². The third-order valence-corrected chi connectivity index (χ3v) is 4.29. The largest absolute Gasteiger partial charge is 0.495 e. The molecule has 0 fully saturated rings. The number of halogens is 1. The van der Waals surface area contributed by atoms with Gasteiger partial charge in [-0.1, -0.05) is 0 Å².